The first-order chi connectivity index (χ1) is 13.8. The molecule has 1 aliphatic heterocycles. The summed E-state index contributed by atoms with van der Waals surface area (Å²) < 4.78 is 40.3. The van der Waals surface area contributed by atoms with Crippen LogP contribution in [0.3, 0.4) is 0 Å². The molecule has 4 rings (SSSR count). The van der Waals surface area contributed by atoms with Gasteiger partial charge in [-0.3, -0.25) is 0 Å². The van der Waals surface area contributed by atoms with Crippen molar-refractivity contribution in [3.05, 3.63) is 40.8 Å². The van der Waals surface area contributed by atoms with Gasteiger partial charge < -0.3 is 10.2 Å². The lowest BCUT2D eigenvalue weighted by molar-refractivity contribution is -0.146. The third kappa shape index (κ3) is 3.83. The summed E-state index contributed by atoms with van der Waals surface area (Å²) in [7, 11) is 0. The van der Waals surface area contributed by atoms with Crippen LogP contribution in [0.4, 0.5) is 24.8 Å². The Balaban J connectivity index is 1.59. The van der Waals surface area contributed by atoms with Gasteiger partial charge in [-0.15, -0.1) is 15.3 Å². The Morgan fingerprint density at radius 2 is 1.83 bits per heavy atom. The van der Waals surface area contributed by atoms with Crippen molar-refractivity contribution in [2.75, 3.05) is 23.3 Å². The largest absolute Gasteiger partial charge is 0.453 e. The average Bonchev–Trinajstić information content (AvgIpc) is 3.15. The van der Waals surface area contributed by atoms with E-state index >= 15 is 0 Å². The highest BCUT2D eigenvalue weighted by molar-refractivity contribution is 5.58. The second-order valence-electron chi connectivity index (χ2n) is 7.28. The van der Waals surface area contributed by atoms with Gasteiger partial charge in [0, 0.05) is 31.4 Å². The minimum atomic E-state index is -4.63. The smallest absolute Gasteiger partial charge is 0.364 e. The molecule has 0 unspecified atom stereocenters. The molecule has 0 radical (unpaired) electrons. The summed E-state index contributed by atoms with van der Waals surface area (Å²) in [5.41, 5.74) is 2.44. The van der Waals surface area contributed by atoms with Crippen LogP contribution < -0.4 is 10.2 Å². The Hall–Kier alpha value is -2.91. The van der Waals surface area contributed by atoms with Crippen molar-refractivity contribution >= 4 is 17.3 Å². The maximum atomic E-state index is 13.2. The van der Waals surface area contributed by atoms with Crippen molar-refractivity contribution in [2.24, 2.45) is 0 Å². The van der Waals surface area contributed by atoms with E-state index in [1.807, 2.05) is 12.1 Å². The predicted octanol–water partition coefficient (Wildman–Crippen LogP) is 3.76. The van der Waals surface area contributed by atoms with Crippen LogP contribution in [-0.2, 0) is 12.7 Å². The molecule has 1 saturated heterocycles. The van der Waals surface area contributed by atoms with E-state index in [4.69, 9.17) is 0 Å². The Kier molecular flexibility index (Phi) is 5.01. The second kappa shape index (κ2) is 7.49. The van der Waals surface area contributed by atoms with E-state index in [-0.39, 0.29) is 5.65 Å². The number of hydrogen-bond acceptors (Lipinski definition) is 6. The van der Waals surface area contributed by atoms with Crippen LogP contribution >= 0.6 is 0 Å². The van der Waals surface area contributed by atoms with Crippen molar-refractivity contribution in [1.29, 1.82) is 0 Å². The monoisotopic (exact) mass is 405 g/mol. The van der Waals surface area contributed by atoms with Gasteiger partial charge in [0.2, 0.25) is 0 Å². The molecule has 154 valence electrons. The number of nitrogens with zero attached hydrogens (tertiary/aromatic N) is 6. The van der Waals surface area contributed by atoms with Gasteiger partial charge in [-0.1, -0.05) is 0 Å². The zero-order valence-corrected chi connectivity index (χ0v) is 16.3. The molecule has 0 amide bonds. The molecule has 29 heavy (non-hydrogen) atoms. The normalized spacial score (nSPS) is 15.1. The highest BCUT2D eigenvalue weighted by Gasteiger charge is 2.38. The fourth-order valence-electron chi connectivity index (χ4n) is 3.53. The van der Waals surface area contributed by atoms with Crippen molar-refractivity contribution in [3.8, 4) is 0 Å². The van der Waals surface area contributed by atoms with Gasteiger partial charge in [-0.25, -0.2) is 4.98 Å². The summed E-state index contributed by atoms with van der Waals surface area (Å²) in [6.45, 7) is 5.93. The fourth-order valence-corrected chi connectivity index (χ4v) is 3.53. The summed E-state index contributed by atoms with van der Waals surface area (Å²) in [6.07, 6.45) is 0.699. The number of rotatable bonds is 4. The van der Waals surface area contributed by atoms with Gasteiger partial charge >= 0.3 is 6.18 Å². The Morgan fingerprint density at radius 3 is 2.55 bits per heavy atom. The van der Waals surface area contributed by atoms with E-state index in [0.29, 0.717) is 17.9 Å². The zero-order chi connectivity index (χ0) is 20.6. The minimum absolute atomic E-state index is 0.108. The van der Waals surface area contributed by atoms with Crippen LogP contribution in [0.5, 0.6) is 0 Å². The van der Waals surface area contributed by atoms with Gasteiger partial charge in [0.05, 0.1) is 0 Å². The molecule has 1 fully saturated rings. The molecule has 3 aromatic rings. The number of anilines is 2. The first kappa shape index (κ1) is 19.4. The fraction of sp³-hybridized carbons (Fsp3) is 0.474. The van der Waals surface area contributed by atoms with Gasteiger partial charge in [0.15, 0.2) is 11.5 Å². The predicted molar refractivity (Wildman–Crippen MR) is 103 cm³/mol. The van der Waals surface area contributed by atoms with Gasteiger partial charge in [0.25, 0.3) is 5.82 Å². The van der Waals surface area contributed by atoms with E-state index in [1.165, 1.54) is 6.42 Å². The van der Waals surface area contributed by atoms with E-state index in [0.717, 1.165) is 47.4 Å². The third-order valence-corrected chi connectivity index (χ3v) is 5.30. The lowest BCUT2D eigenvalue weighted by Crippen LogP contribution is -2.30. The third-order valence-electron chi connectivity index (χ3n) is 5.30. The highest BCUT2D eigenvalue weighted by Crippen LogP contribution is 2.30. The minimum Gasteiger partial charge on any atom is -0.364 e. The first-order valence-electron chi connectivity index (χ1n) is 9.58. The zero-order valence-electron chi connectivity index (χ0n) is 16.3. The van der Waals surface area contributed by atoms with Crippen molar-refractivity contribution < 1.29 is 13.2 Å². The Labute approximate surface area is 166 Å². The van der Waals surface area contributed by atoms with E-state index in [1.54, 1.807) is 20.0 Å². The molecule has 1 aliphatic rings. The molecule has 0 aromatic carbocycles. The van der Waals surface area contributed by atoms with Gasteiger partial charge in [-0.05, 0) is 56.4 Å². The molecular formula is C19H22F3N7. The van der Waals surface area contributed by atoms with Gasteiger partial charge in [0.1, 0.15) is 5.82 Å². The van der Waals surface area contributed by atoms with Crippen LogP contribution in [-0.4, -0.2) is 37.9 Å². The number of fused-ring (bicyclic) bond motifs is 1. The number of alkyl halides is 3. The molecule has 3 aromatic heterocycles. The molecule has 7 nitrogen and oxygen atoms in total. The second-order valence-corrected chi connectivity index (χ2v) is 7.28. The summed E-state index contributed by atoms with van der Waals surface area (Å²) in [5.74, 6) is 0.171. The van der Waals surface area contributed by atoms with Crippen molar-refractivity contribution in [3.63, 3.8) is 0 Å². The topological polar surface area (TPSA) is 71.2 Å². The summed E-state index contributed by atoms with van der Waals surface area (Å²) in [6, 6.07) is 3.90. The number of nitrogens with one attached hydrogen (secondary N) is 1. The number of aromatic nitrogens is 5. The van der Waals surface area contributed by atoms with Crippen LogP contribution in [0.1, 0.15) is 41.8 Å². The first-order valence-corrected chi connectivity index (χ1v) is 9.58. The lowest BCUT2D eigenvalue weighted by Gasteiger charge is -2.28. The molecule has 0 spiro atoms. The van der Waals surface area contributed by atoms with Crippen LogP contribution in [0, 0.1) is 13.8 Å². The number of hydrogen-bond donors (Lipinski definition) is 1. The Bertz CT molecular complexity index is 1020. The number of aryl methyl sites for hydroxylation is 1. The van der Waals surface area contributed by atoms with Crippen LogP contribution in [0.15, 0.2) is 18.3 Å². The van der Waals surface area contributed by atoms with E-state index < -0.39 is 12.0 Å². The quantitative estimate of drug-likeness (QED) is 0.713. The number of halogens is 3. The molecule has 4 heterocycles. The highest BCUT2D eigenvalue weighted by atomic mass is 19.4. The standard InChI is InChI=1S/C19H22F3N7/c1-12-13(2)17-25-26-18(19(20,21)22)29(17)27-16(12)24-11-14-6-7-23-15(10-14)28-8-4-3-5-9-28/h6-7,10H,3-5,8-9,11H2,1-2H3,(H,24,27). The van der Waals surface area contributed by atoms with Crippen LogP contribution in [0.2, 0.25) is 0 Å². The van der Waals surface area contributed by atoms with Crippen LogP contribution in [0.25, 0.3) is 5.65 Å². The van der Waals surface area contributed by atoms with Gasteiger partial charge in [-0.2, -0.15) is 17.7 Å². The molecule has 0 bridgehead atoms. The summed E-state index contributed by atoms with van der Waals surface area (Å²) in [5, 5.41) is 14.2. The maximum absolute atomic E-state index is 13.2. The van der Waals surface area contributed by atoms with E-state index in [9.17, 15) is 13.2 Å². The SMILES string of the molecule is Cc1c(NCc2ccnc(N3CCCCC3)c2)nn2c(C(F)(F)F)nnc2c1C. The van der Waals surface area contributed by atoms with E-state index in [2.05, 4.69) is 30.5 Å². The van der Waals surface area contributed by atoms with Crippen molar-refractivity contribution in [2.45, 2.75) is 45.8 Å². The lowest BCUT2D eigenvalue weighted by atomic mass is 10.1. The Morgan fingerprint density at radius 1 is 1.07 bits per heavy atom. The summed E-state index contributed by atoms with van der Waals surface area (Å²) in [4.78, 5) is 6.72. The van der Waals surface area contributed by atoms with Crippen molar-refractivity contribution in [1.82, 2.24) is 24.8 Å². The summed E-state index contributed by atoms with van der Waals surface area (Å²) >= 11 is 0. The molecule has 10 heteroatoms. The molecular weight excluding hydrogens is 383 g/mol. The molecule has 0 atom stereocenters. The number of piperidine rings is 1. The number of pyridine rings is 1. The molecule has 0 aliphatic carbocycles. The maximum Gasteiger partial charge on any atom is 0.453 e. The average molecular weight is 405 g/mol. The molecule has 1 N–H and O–H groups in total. The molecule has 0 saturated carbocycles.